The van der Waals surface area contributed by atoms with Crippen LogP contribution in [0.25, 0.3) is 0 Å². The first-order valence-electron chi connectivity index (χ1n) is 10.6. The number of hydrogen-bond acceptors (Lipinski definition) is 4. The maximum atomic E-state index is 13.3. The van der Waals surface area contributed by atoms with Crippen LogP contribution in [0.4, 0.5) is 0 Å². The summed E-state index contributed by atoms with van der Waals surface area (Å²) in [4.78, 5) is 27.7. The van der Waals surface area contributed by atoms with Gasteiger partial charge in [-0.3, -0.25) is 9.59 Å². The predicted molar refractivity (Wildman–Crippen MR) is 118 cm³/mol. The van der Waals surface area contributed by atoms with Crippen molar-refractivity contribution >= 4 is 23.4 Å². The molecule has 2 amide bonds. The van der Waals surface area contributed by atoms with Crippen LogP contribution in [0.15, 0.2) is 42.5 Å². The molecule has 2 heterocycles. The summed E-state index contributed by atoms with van der Waals surface area (Å²) in [5.41, 5.74) is 2.24. The van der Waals surface area contributed by atoms with Gasteiger partial charge < -0.3 is 20.1 Å². The highest BCUT2D eigenvalue weighted by Crippen LogP contribution is 2.44. The van der Waals surface area contributed by atoms with Crippen molar-refractivity contribution in [3.8, 4) is 5.75 Å². The molecule has 31 heavy (non-hydrogen) atoms. The molecule has 2 aliphatic rings. The van der Waals surface area contributed by atoms with Gasteiger partial charge >= 0.3 is 0 Å². The number of carbonyl (C=O) groups excluding carboxylic acids is 2. The molecule has 1 atom stereocenters. The highest BCUT2D eigenvalue weighted by atomic mass is 35.5. The summed E-state index contributed by atoms with van der Waals surface area (Å²) < 4.78 is 6.19. The highest BCUT2D eigenvalue weighted by Gasteiger charge is 2.44. The third kappa shape index (κ3) is 4.27. The summed E-state index contributed by atoms with van der Waals surface area (Å²) in [6.07, 6.45) is 1.41. The molecule has 0 bridgehead atoms. The van der Waals surface area contributed by atoms with Gasteiger partial charge in [-0.15, -0.1) is 0 Å². The monoisotopic (exact) mass is 442 g/mol. The smallest absolute Gasteiger partial charge is 0.252 e. The number of carbonyl (C=O) groups is 2. The number of nitrogens with one attached hydrogen (secondary N) is 1. The lowest BCUT2D eigenvalue weighted by Crippen LogP contribution is -2.54. The quantitative estimate of drug-likeness (QED) is 0.753. The summed E-state index contributed by atoms with van der Waals surface area (Å²) in [5, 5.41) is 13.2. The van der Waals surface area contributed by atoms with Gasteiger partial charge in [0, 0.05) is 23.7 Å². The highest BCUT2D eigenvalue weighted by molar-refractivity contribution is 6.30. The zero-order valence-electron chi connectivity index (χ0n) is 17.7. The fraction of sp³-hybridized carbons (Fsp3) is 0.417. The Morgan fingerprint density at radius 2 is 1.90 bits per heavy atom. The Hall–Kier alpha value is -2.57. The summed E-state index contributed by atoms with van der Waals surface area (Å²) in [7, 11) is 0. The number of nitrogens with zero attached hydrogens (tertiary/aromatic N) is 1. The Balaban J connectivity index is 1.44. The Morgan fingerprint density at radius 1 is 1.16 bits per heavy atom. The number of phenolic OH excluding ortho intramolecular Hbond substituents is 1. The van der Waals surface area contributed by atoms with Gasteiger partial charge in [0.05, 0.1) is 12.2 Å². The van der Waals surface area contributed by atoms with E-state index in [1.165, 1.54) is 17.7 Å². The molecule has 164 valence electrons. The molecule has 1 saturated heterocycles. The molecule has 1 spiro atoms. The van der Waals surface area contributed by atoms with Crippen LogP contribution in [-0.4, -0.2) is 41.0 Å². The third-order valence-electron chi connectivity index (χ3n) is 6.27. The molecule has 2 aliphatic heterocycles. The average Bonchev–Trinajstić information content (AvgIpc) is 3.08. The molecule has 2 aromatic rings. The normalized spacial score (nSPS) is 18.1. The van der Waals surface area contributed by atoms with Crippen LogP contribution in [0.1, 0.15) is 48.2 Å². The molecular weight excluding hydrogens is 416 g/mol. The molecule has 0 saturated carbocycles. The molecule has 0 aromatic heterocycles. The summed E-state index contributed by atoms with van der Waals surface area (Å²) >= 11 is 6.12. The summed E-state index contributed by atoms with van der Waals surface area (Å²) in [5.74, 6) is -0.524. The van der Waals surface area contributed by atoms with Crippen molar-refractivity contribution in [2.45, 2.75) is 44.9 Å². The van der Waals surface area contributed by atoms with E-state index in [-0.39, 0.29) is 29.1 Å². The number of halogens is 1. The molecule has 7 heteroatoms. The Labute approximate surface area is 187 Å². The number of ether oxygens (including phenoxy) is 1. The van der Waals surface area contributed by atoms with Crippen LogP contribution >= 0.6 is 11.6 Å². The number of hydrogen-bond donors (Lipinski definition) is 2. The number of rotatable bonds is 4. The Morgan fingerprint density at radius 3 is 2.58 bits per heavy atom. The average molecular weight is 443 g/mol. The second-order valence-electron chi connectivity index (χ2n) is 8.66. The summed E-state index contributed by atoms with van der Waals surface area (Å²) in [6.45, 7) is 5.49. The van der Waals surface area contributed by atoms with Crippen molar-refractivity contribution in [2.24, 2.45) is 5.92 Å². The van der Waals surface area contributed by atoms with Gasteiger partial charge in [0.25, 0.3) is 5.91 Å². The molecule has 4 rings (SSSR count). The second-order valence-corrected chi connectivity index (χ2v) is 9.09. The van der Waals surface area contributed by atoms with Crippen LogP contribution in [-0.2, 0) is 21.7 Å². The Kier molecular flexibility index (Phi) is 5.95. The third-order valence-corrected chi connectivity index (χ3v) is 6.51. The molecule has 6 nitrogen and oxygen atoms in total. The van der Waals surface area contributed by atoms with Crippen molar-refractivity contribution in [3.63, 3.8) is 0 Å². The zero-order valence-corrected chi connectivity index (χ0v) is 18.5. The molecule has 2 N–H and O–H groups in total. The van der Waals surface area contributed by atoms with Gasteiger partial charge in [-0.2, -0.15) is 0 Å². The minimum absolute atomic E-state index is 0.0135. The lowest BCUT2D eigenvalue weighted by molar-refractivity contribution is -0.141. The lowest BCUT2D eigenvalue weighted by atomic mass is 9.83. The van der Waals surface area contributed by atoms with Gasteiger partial charge in [0.15, 0.2) is 0 Å². The van der Waals surface area contributed by atoms with E-state index in [0.717, 1.165) is 5.56 Å². The fourth-order valence-electron chi connectivity index (χ4n) is 4.50. The maximum absolute atomic E-state index is 13.3. The van der Waals surface area contributed by atoms with Crippen molar-refractivity contribution in [3.05, 3.63) is 64.2 Å². The first-order valence-corrected chi connectivity index (χ1v) is 11.0. The van der Waals surface area contributed by atoms with Gasteiger partial charge in [-0.1, -0.05) is 37.6 Å². The van der Waals surface area contributed by atoms with Crippen molar-refractivity contribution in [1.29, 1.82) is 0 Å². The van der Waals surface area contributed by atoms with Gasteiger partial charge in [0.1, 0.15) is 11.8 Å². The number of fused-ring (bicyclic) bond motifs is 2. The van der Waals surface area contributed by atoms with Crippen LogP contribution < -0.4 is 5.32 Å². The molecule has 0 aliphatic carbocycles. The van der Waals surface area contributed by atoms with E-state index in [1.807, 2.05) is 36.9 Å². The zero-order chi connectivity index (χ0) is 22.2. The van der Waals surface area contributed by atoms with Gasteiger partial charge in [-0.05, 0) is 60.2 Å². The standard InChI is InChI=1S/C24H27ClN2O4/c1-15(2)21(26-22(29)16-4-3-5-19(28)13-16)23(30)27-10-8-24(9-11-27)20-7-6-18(25)12-17(20)14-31-24/h3-7,12-13,15,21,28H,8-11,14H2,1-2H3,(H,26,29)/t21-/m1/s1. The van der Waals surface area contributed by atoms with E-state index in [1.54, 1.807) is 12.1 Å². The number of likely N-dealkylation sites (tertiary alicyclic amines) is 1. The van der Waals surface area contributed by atoms with Crippen LogP contribution in [0.3, 0.4) is 0 Å². The number of benzene rings is 2. The Bertz CT molecular complexity index is 999. The van der Waals surface area contributed by atoms with E-state index in [0.29, 0.717) is 43.1 Å². The largest absolute Gasteiger partial charge is 0.508 e. The van der Waals surface area contributed by atoms with Crippen molar-refractivity contribution in [1.82, 2.24) is 10.2 Å². The predicted octanol–water partition coefficient (Wildman–Crippen LogP) is 3.85. The molecule has 0 unspecified atom stereocenters. The first kappa shape index (κ1) is 21.7. The second kappa shape index (κ2) is 8.52. The number of piperidine rings is 1. The van der Waals surface area contributed by atoms with E-state index >= 15 is 0 Å². The van der Waals surface area contributed by atoms with Gasteiger partial charge in [0.2, 0.25) is 5.91 Å². The van der Waals surface area contributed by atoms with Crippen molar-refractivity contribution in [2.75, 3.05) is 13.1 Å². The van der Waals surface area contributed by atoms with Crippen molar-refractivity contribution < 1.29 is 19.4 Å². The van der Waals surface area contributed by atoms with E-state index in [4.69, 9.17) is 16.3 Å². The molecular formula is C24H27ClN2O4. The lowest BCUT2D eigenvalue weighted by Gasteiger charge is -2.40. The van der Waals surface area contributed by atoms with Gasteiger partial charge in [-0.25, -0.2) is 0 Å². The number of amides is 2. The van der Waals surface area contributed by atoms with Crippen LogP contribution in [0, 0.1) is 5.92 Å². The molecule has 0 radical (unpaired) electrons. The topological polar surface area (TPSA) is 78.9 Å². The molecule has 1 fully saturated rings. The van der Waals surface area contributed by atoms with E-state index in [9.17, 15) is 14.7 Å². The van der Waals surface area contributed by atoms with E-state index < -0.39 is 6.04 Å². The van der Waals surface area contributed by atoms with E-state index in [2.05, 4.69) is 5.32 Å². The fourth-order valence-corrected chi connectivity index (χ4v) is 4.70. The minimum Gasteiger partial charge on any atom is -0.508 e. The number of phenols is 1. The van der Waals surface area contributed by atoms with Crippen LogP contribution in [0.5, 0.6) is 5.75 Å². The maximum Gasteiger partial charge on any atom is 0.252 e. The SMILES string of the molecule is CC(C)[C@@H](NC(=O)c1cccc(O)c1)C(=O)N1CCC2(CC1)OCc1cc(Cl)ccc12. The summed E-state index contributed by atoms with van der Waals surface area (Å²) in [6, 6.07) is 11.4. The van der Waals surface area contributed by atoms with Crippen LogP contribution in [0.2, 0.25) is 5.02 Å². The number of aromatic hydroxyl groups is 1. The first-order chi connectivity index (χ1) is 14.8. The molecule has 2 aromatic carbocycles. The minimum atomic E-state index is -0.639.